The minimum atomic E-state index is 0.0487. The van der Waals surface area contributed by atoms with Crippen molar-refractivity contribution in [2.45, 2.75) is 32.9 Å². The molecule has 1 aromatic carbocycles. The van der Waals surface area contributed by atoms with Crippen LogP contribution in [0.1, 0.15) is 23.8 Å². The van der Waals surface area contributed by atoms with Gasteiger partial charge in [0.2, 0.25) is 5.91 Å². The van der Waals surface area contributed by atoms with Crippen molar-refractivity contribution >= 4 is 17.2 Å². The van der Waals surface area contributed by atoms with E-state index in [4.69, 9.17) is 4.74 Å². The number of nitrogens with one attached hydrogen (secondary N) is 1. The topological polar surface area (TPSA) is 54.5 Å². The Morgan fingerprint density at radius 2 is 2.33 bits per heavy atom. The van der Waals surface area contributed by atoms with Crippen LogP contribution in [0.2, 0.25) is 0 Å². The highest BCUT2D eigenvalue weighted by Gasteiger charge is 2.23. The Labute approximate surface area is 146 Å². The zero-order valence-electron chi connectivity index (χ0n) is 14.3. The Morgan fingerprint density at radius 1 is 1.50 bits per heavy atom. The molecule has 2 heterocycles. The molecule has 1 aliphatic rings. The lowest BCUT2D eigenvalue weighted by Gasteiger charge is -2.17. The number of amides is 1. The van der Waals surface area contributed by atoms with Gasteiger partial charge in [-0.05, 0) is 31.0 Å². The number of aromatic nitrogens is 1. The third kappa shape index (κ3) is 3.76. The number of methoxy groups -OCH3 is 1. The molecule has 5 nitrogen and oxygen atoms in total. The number of aryl methyl sites for hydroxylation is 1. The second kappa shape index (κ2) is 7.32. The molecule has 128 valence electrons. The first-order valence-corrected chi connectivity index (χ1v) is 9.01. The van der Waals surface area contributed by atoms with E-state index in [0.29, 0.717) is 0 Å². The summed E-state index contributed by atoms with van der Waals surface area (Å²) in [7, 11) is 1.69. The molecule has 0 aliphatic carbocycles. The molecule has 1 atom stereocenters. The number of likely N-dealkylation sites (tertiary alicyclic amines) is 1. The fourth-order valence-electron chi connectivity index (χ4n) is 3.24. The highest BCUT2D eigenvalue weighted by atomic mass is 32.1. The number of thiazole rings is 1. The van der Waals surface area contributed by atoms with Crippen LogP contribution in [0.5, 0.6) is 5.75 Å². The highest BCUT2D eigenvalue weighted by Crippen LogP contribution is 2.33. The molecule has 0 spiro atoms. The van der Waals surface area contributed by atoms with Gasteiger partial charge in [-0.3, -0.25) is 9.69 Å². The summed E-state index contributed by atoms with van der Waals surface area (Å²) < 4.78 is 5.51. The van der Waals surface area contributed by atoms with Crippen LogP contribution in [0, 0.1) is 6.92 Å². The van der Waals surface area contributed by atoms with Crippen molar-refractivity contribution in [2.24, 2.45) is 0 Å². The molecule has 1 fully saturated rings. The first kappa shape index (κ1) is 16.9. The smallest absolute Gasteiger partial charge is 0.217 e. The van der Waals surface area contributed by atoms with Crippen molar-refractivity contribution in [1.82, 2.24) is 15.2 Å². The van der Waals surface area contributed by atoms with Crippen LogP contribution in [0.15, 0.2) is 23.7 Å². The standard InChI is InChI=1S/C18H23N3O2S/c1-12-18(19-11-24-12)16-8-14(4-5-17(16)23-3)9-21-7-6-15(10-21)20-13(2)22/h4-5,8,11,15H,6-7,9-10H2,1-3H3,(H,20,22). The first-order chi connectivity index (χ1) is 11.6. The maximum Gasteiger partial charge on any atom is 0.217 e. The van der Waals surface area contributed by atoms with Crippen LogP contribution in [-0.2, 0) is 11.3 Å². The van der Waals surface area contributed by atoms with Gasteiger partial charge in [-0.25, -0.2) is 4.98 Å². The van der Waals surface area contributed by atoms with Gasteiger partial charge in [0.25, 0.3) is 0 Å². The fourth-order valence-corrected chi connectivity index (χ4v) is 3.83. The minimum Gasteiger partial charge on any atom is -0.496 e. The van der Waals surface area contributed by atoms with Gasteiger partial charge in [0.05, 0.1) is 18.3 Å². The number of rotatable bonds is 5. The summed E-state index contributed by atoms with van der Waals surface area (Å²) in [5, 5.41) is 3.01. The molecule has 1 aliphatic heterocycles. The normalized spacial score (nSPS) is 17.9. The largest absolute Gasteiger partial charge is 0.496 e. The Balaban J connectivity index is 1.76. The molecule has 3 rings (SSSR count). The molecular formula is C18H23N3O2S. The van der Waals surface area contributed by atoms with Crippen molar-refractivity contribution < 1.29 is 9.53 Å². The second-order valence-corrected chi connectivity index (χ2v) is 7.27. The Bertz CT molecular complexity index is 729. The van der Waals surface area contributed by atoms with Crippen LogP contribution in [0.25, 0.3) is 11.3 Å². The average Bonchev–Trinajstić information content (AvgIpc) is 3.15. The molecule has 2 aromatic rings. The van der Waals surface area contributed by atoms with Crippen molar-refractivity contribution in [1.29, 1.82) is 0 Å². The van der Waals surface area contributed by atoms with Crippen LogP contribution in [0.3, 0.4) is 0 Å². The fraction of sp³-hybridized carbons (Fsp3) is 0.444. The van der Waals surface area contributed by atoms with E-state index < -0.39 is 0 Å². The molecule has 1 N–H and O–H groups in total. The van der Waals surface area contributed by atoms with E-state index in [2.05, 4.69) is 34.3 Å². The Hall–Kier alpha value is -1.92. The quantitative estimate of drug-likeness (QED) is 0.905. The zero-order chi connectivity index (χ0) is 17.1. The van der Waals surface area contributed by atoms with Crippen LogP contribution in [-0.4, -0.2) is 42.0 Å². The first-order valence-electron chi connectivity index (χ1n) is 8.13. The molecular weight excluding hydrogens is 322 g/mol. The van der Waals surface area contributed by atoms with Crippen molar-refractivity contribution in [3.8, 4) is 17.0 Å². The van der Waals surface area contributed by atoms with E-state index in [-0.39, 0.29) is 11.9 Å². The van der Waals surface area contributed by atoms with E-state index in [1.165, 1.54) is 10.4 Å². The van der Waals surface area contributed by atoms with Gasteiger partial charge in [0.15, 0.2) is 0 Å². The third-order valence-corrected chi connectivity index (χ3v) is 5.11. The van der Waals surface area contributed by atoms with Crippen molar-refractivity contribution in [3.05, 3.63) is 34.2 Å². The van der Waals surface area contributed by atoms with Gasteiger partial charge in [-0.1, -0.05) is 6.07 Å². The van der Waals surface area contributed by atoms with Crippen LogP contribution >= 0.6 is 11.3 Å². The van der Waals surface area contributed by atoms with Gasteiger partial charge in [-0.2, -0.15) is 0 Å². The SMILES string of the molecule is COc1ccc(CN2CCC(NC(C)=O)C2)cc1-c1ncsc1C. The van der Waals surface area contributed by atoms with Gasteiger partial charge in [0, 0.05) is 43.0 Å². The van der Waals surface area contributed by atoms with Crippen molar-refractivity contribution in [3.63, 3.8) is 0 Å². The predicted octanol–water partition coefficient (Wildman–Crippen LogP) is 2.84. The Morgan fingerprint density at radius 3 is 3.00 bits per heavy atom. The monoisotopic (exact) mass is 345 g/mol. The average molecular weight is 345 g/mol. The molecule has 1 unspecified atom stereocenters. The van der Waals surface area contributed by atoms with Gasteiger partial charge in [0.1, 0.15) is 5.75 Å². The zero-order valence-corrected chi connectivity index (χ0v) is 15.2. The van der Waals surface area contributed by atoms with Crippen LogP contribution < -0.4 is 10.1 Å². The number of carbonyl (C=O) groups is 1. The lowest BCUT2D eigenvalue weighted by Crippen LogP contribution is -2.35. The molecule has 0 radical (unpaired) electrons. The second-order valence-electron chi connectivity index (χ2n) is 6.21. The summed E-state index contributed by atoms with van der Waals surface area (Å²) >= 11 is 1.65. The molecule has 0 saturated carbocycles. The van der Waals surface area contributed by atoms with E-state index in [1.54, 1.807) is 25.4 Å². The van der Waals surface area contributed by atoms with Crippen molar-refractivity contribution in [2.75, 3.05) is 20.2 Å². The van der Waals surface area contributed by atoms with E-state index in [0.717, 1.165) is 43.1 Å². The summed E-state index contributed by atoms with van der Waals surface area (Å²) in [4.78, 5) is 19.3. The summed E-state index contributed by atoms with van der Waals surface area (Å²) in [6.07, 6.45) is 1.01. The molecule has 1 saturated heterocycles. The molecule has 1 amide bonds. The molecule has 6 heteroatoms. The van der Waals surface area contributed by atoms with E-state index in [9.17, 15) is 4.79 Å². The molecule has 0 bridgehead atoms. The van der Waals surface area contributed by atoms with Gasteiger partial charge < -0.3 is 10.1 Å². The van der Waals surface area contributed by atoms with Gasteiger partial charge in [-0.15, -0.1) is 11.3 Å². The number of nitrogens with zero attached hydrogens (tertiary/aromatic N) is 2. The maximum atomic E-state index is 11.2. The van der Waals surface area contributed by atoms with E-state index in [1.807, 2.05) is 11.6 Å². The molecule has 1 aromatic heterocycles. The summed E-state index contributed by atoms with van der Waals surface area (Å²) in [6.45, 7) is 6.43. The summed E-state index contributed by atoms with van der Waals surface area (Å²) in [5.74, 6) is 0.901. The highest BCUT2D eigenvalue weighted by molar-refractivity contribution is 7.10. The maximum absolute atomic E-state index is 11.2. The third-order valence-electron chi connectivity index (χ3n) is 4.35. The number of benzene rings is 1. The lowest BCUT2D eigenvalue weighted by atomic mass is 10.1. The summed E-state index contributed by atoms with van der Waals surface area (Å²) in [5.41, 5.74) is 5.15. The van der Waals surface area contributed by atoms with Gasteiger partial charge >= 0.3 is 0 Å². The number of hydrogen-bond acceptors (Lipinski definition) is 5. The predicted molar refractivity (Wildman–Crippen MR) is 96.3 cm³/mol. The van der Waals surface area contributed by atoms with Crippen LogP contribution in [0.4, 0.5) is 0 Å². The number of ether oxygens (including phenoxy) is 1. The Kier molecular flexibility index (Phi) is 5.16. The number of carbonyl (C=O) groups excluding carboxylic acids is 1. The molecule has 24 heavy (non-hydrogen) atoms. The van der Waals surface area contributed by atoms with E-state index >= 15 is 0 Å². The lowest BCUT2D eigenvalue weighted by molar-refractivity contribution is -0.119. The number of hydrogen-bond donors (Lipinski definition) is 1. The summed E-state index contributed by atoms with van der Waals surface area (Å²) in [6, 6.07) is 6.56. The minimum absolute atomic E-state index is 0.0487.